The number of halogens is 1. The Balaban J connectivity index is 3.53. The van der Waals surface area contributed by atoms with Gasteiger partial charge >= 0.3 is 0 Å². The molecule has 0 radical (unpaired) electrons. The van der Waals surface area contributed by atoms with Crippen LogP contribution in [0.2, 0.25) is 5.02 Å². The third kappa shape index (κ3) is 2.20. The molecule has 0 saturated carbocycles. The van der Waals surface area contributed by atoms with Gasteiger partial charge in [0.15, 0.2) is 0 Å². The van der Waals surface area contributed by atoms with Crippen LogP contribution in [-0.4, -0.2) is 6.61 Å². The van der Waals surface area contributed by atoms with Crippen LogP contribution < -0.4 is 4.74 Å². The highest BCUT2D eigenvalue weighted by Crippen LogP contribution is 2.33. The molecule has 84 valence electrons. The van der Waals surface area contributed by atoms with E-state index in [1.165, 1.54) is 0 Å². The summed E-state index contributed by atoms with van der Waals surface area (Å²) in [4.78, 5) is 0. The lowest BCUT2D eigenvalue weighted by Gasteiger charge is -2.14. The summed E-state index contributed by atoms with van der Waals surface area (Å²) in [6.45, 7) is 8.20. The van der Waals surface area contributed by atoms with Gasteiger partial charge in [-0.1, -0.05) is 31.2 Å². The summed E-state index contributed by atoms with van der Waals surface area (Å²) in [5, 5.41) is 9.51. The summed E-state index contributed by atoms with van der Waals surface area (Å²) in [6, 6.07) is 3.87. The Morgan fingerprint density at radius 1 is 1.56 bits per heavy atom. The molecule has 16 heavy (non-hydrogen) atoms. The number of hydrogen-bond acceptors (Lipinski definition) is 2. The molecule has 0 aliphatic heterocycles. The predicted octanol–water partition coefficient (Wildman–Crippen LogP) is 3.82. The quantitative estimate of drug-likeness (QED) is 0.795. The number of benzene rings is 1. The van der Waals surface area contributed by atoms with E-state index >= 15 is 0 Å². The average Bonchev–Trinajstić information content (AvgIpc) is 2.30. The van der Waals surface area contributed by atoms with Gasteiger partial charge in [-0.2, -0.15) is 5.26 Å². The van der Waals surface area contributed by atoms with Gasteiger partial charge in [-0.3, -0.25) is 0 Å². The number of rotatable bonds is 4. The average molecular weight is 236 g/mol. The van der Waals surface area contributed by atoms with Gasteiger partial charge in [0.25, 0.3) is 0 Å². The van der Waals surface area contributed by atoms with Crippen LogP contribution >= 0.6 is 11.6 Å². The fraction of sp³-hybridized carbons (Fsp3) is 0.308. The number of aryl methyl sites for hydroxylation is 1. The molecule has 1 aromatic carbocycles. The first-order chi connectivity index (χ1) is 7.69. The van der Waals surface area contributed by atoms with Gasteiger partial charge in [-0.05, 0) is 25.0 Å². The van der Waals surface area contributed by atoms with Crippen molar-refractivity contribution in [1.29, 1.82) is 5.26 Å². The summed E-state index contributed by atoms with van der Waals surface area (Å²) in [7, 11) is 0. The minimum Gasteiger partial charge on any atom is -0.493 e. The Hall–Kier alpha value is -1.46. The van der Waals surface area contributed by atoms with E-state index in [0.29, 0.717) is 22.8 Å². The van der Waals surface area contributed by atoms with Gasteiger partial charge in [0, 0.05) is 5.56 Å². The maximum absolute atomic E-state index is 9.05. The van der Waals surface area contributed by atoms with Gasteiger partial charge in [-0.15, -0.1) is 0 Å². The third-order valence-corrected chi connectivity index (χ3v) is 2.63. The maximum Gasteiger partial charge on any atom is 0.131 e. The second-order valence-electron chi connectivity index (χ2n) is 3.24. The largest absolute Gasteiger partial charge is 0.493 e. The molecular formula is C13H14ClNO. The Labute approximate surface area is 101 Å². The van der Waals surface area contributed by atoms with Crippen molar-refractivity contribution in [1.82, 2.24) is 0 Å². The van der Waals surface area contributed by atoms with Crippen LogP contribution in [0.1, 0.15) is 30.5 Å². The topological polar surface area (TPSA) is 33.0 Å². The van der Waals surface area contributed by atoms with E-state index in [2.05, 4.69) is 12.6 Å². The molecule has 1 aromatic rings. The first-order valence-corrected chi connectivity index (χ1v) is 5.58. The SMILES string of the molecule is C=Cc1c(C#N)c(Cl)cc(CC)c1OCC. The molecule has 0 unspecified atom stereocenters. The van der Waals surface area contributed by atoms with Crippen LogP contribution in [-0.2, 0) is 6.42 Å². The first kappa shape index (κ1) is 12.6. The standard InChI is InChI=1S/C13H14ClNO/c1-4-9-7-12(14)11(8-15)10(5-2)13(9)16-6-3/h5,7H,2,4,6H2,1,3H3. The number of nitriles is 1. The molecule has 0 N–H and O–H groups in total. The minimum absolute atomic E-state index is 0.428. The van der Waals surface area contributed by atoms with Crippen molar-refractivity contribution >= 4 is 17.7 Å². The van der Waals surface area contributed by atoms with Crippen molar-refractivity contribution < 1.29 is 4.74 Å². The Bertz CT molecular complexity index is 446. The van der Waals surface area contributed by atoms with Crippen LogP contribution in [0.5, 0.6) is 5.75 Å². The Kier molecular flexibility index (Phi) is 4.39. The van der Waals surface area contributed by atoms with Crippen molar-refractivity contribution in [3.8, 4) is 11.8 Å². The van der Waals surface area contributed by atoms with E-state index in [-0.39, 0.29) is 0 Å². The van der Waals surface area contributed by atoms with Crippen molar-refractivity contribution in [3.63, 3.8) is 0 Å². The molecule has 0 aromatic heterocycles. The van der Waals surface area contributed by atoms with Gasteiger partial charge in [-0.25, -0.2) is 0 Å². The number of ether oxygens (including phenoxy) is 1. The zero-order valence-electron chi connectivity index (χ0n) is 9.51. The lowest BCUT2D eigenvalue weighted by Crippen LogP contribution is -2.01. The zero-order chi connectivity index (χ0) is 12.1. The highest BCUT2D eigenvalue weighted by atomic mass is 35.5. The summed E-state index contributed by atoms with van der Waals surface area (Å²) >= 11 is 6.04. The molecule has 0 aliphatic carbocycles. The molecule has 0 fully saturated rings. The summed E-state index contributed by atoms with van der Waals surface area (Å²) in [6.07, 6.45) is 2.43. The molecule has 0 bridgehead atoms. The van der Waals surface area contributed by atoms with E-state index in [1.54, 1.807) is 12.1 Å². The minimum atomic E-state index is 0.428. The molecule has 0 spiro atoms. The molecular weight excluding hydrogens is 222 g/mol. The second kappa shape index (κ2) is 5.58. The first-order valence-electron chi connectivity index (χ1n) is 5.20. The fourth-order valence-corrected chi connectivity index (χ4v) is 1.87. The van der Waals surface area contributed by atoms with E-state index < -0.39 is 0 Å². The predicted molar refractivity (Wildman–Crippen MR) is 66.8 cm³/mol. The van der Waals surface area contributed by atoms with E-state index in [9.17, 15) is 0 Å². The Morgan fingerprint density at radius 3 is 2.69 bits per heavy atom. The smallest absolute Gasteiger partial charge is 0.131 e. The van der Waals surface area contributed by atoms with Gasteiger partial charge < -0.3 is 4.74 Å². The van der Waals surface area contributed by atoms with Crippen LogP contribution in [0.25, 0.3) is 6.08 Å². The van der Waals surface area contributed by atoms with E-state index in [4.69, 9.17) is 21.6 Å². The lowest BCUT2D eigenvalue weighted by molar-refractivity contribution is 0.336. The molecule has 0 heterocycles. The Morgan fingerprint density at radius 2 is 2.25 bits per heavy atom. The zero-order valence-corrected chi connectivity index (χ0v) is 10.3. The summed E-state index contributed by atoms with van der Waals surface area (Å²) < 4.78 is 5.57. The van der Waals surface area contributed by atoms with Crippen LogP contribution in [0.4, 0.5) is 0 Å². The molecule has 0 saturated heterocycles. The van der Waals surface area contributed by atoms with Crippen LogP contribution in [0.15, 0.2) is 12.6 Å². The van der Waals surface area contributed by atoms with Crippen molar-refractivity contribution in [3.05, 3.63) is 34.4 Å². The summed E-state index contributed by atoms with van der Waals surface area (Å²) in [5.74, 6) is 0.723. The maximum atomic E-state index is 9.05. The van der Waals surface area contributed by atoms with Crippen LogP contribution in [0, 0.1) is 11.3 Å². The van der Waals surface area contributed by atoms with Crippen molar-refractivity contribution in [2.75, 3.05) is 6.61 Å². The fourth-order valence-electron chi connectivity index (χ4n) is 1.59. The van der Waals surface area contributed by atoms with E-state index in [1.807, 2.05) is 13.8 Å². The lowest BCUT2D eigenvalue weighted by atomic mass is 10.0. The highest BCUT2D eigenvalue weighted by molar-refractivity contribution is 6.32. The molecule has 0 amide bonds. The molecule has 0 aliphatic rings. The molecule has 2 nitrogen and oxygen atoms in total. The normalized spacial score (nSPS) is 9.62. The van der Waals surface area contributed by atoms with Crippen LogP contribution in [0.3, 0.4) is 0 Å². The highest BCUT2D eigenvalue weighted by Gasteiger charge is 2.15. The van der Waals surface area contributed by atoms with Crippen molar-refractivity contribution in [2.45, 2.75) is 20.3 Å². The van der Waals surface area contributed by atoms with Gasteiger partial charge in [0.2, 0.25) is 0 Å². The molecule has 0 atom stereocenters. The number of nitrogens with zero attached hydrogens (tertiary/aromatic N) is 1. The summed E-state index contributed by atoms with van der Waals surface area (Å²) in [5.41, 5.74) is 2.12. The molecule has 3 heteroatoms. The van der Waals surface area contributed by atoms with Crippen molar-refractivity contribution in [2.24, 2.45) is 0 Å². The monoisotopic (exact) mass is 235 g/mol. The second-order valence-corrected chi connectivity index (χ2v) is 3.65. The number of hydrogen-bond donors (Lipinski definition) is 0. The third-order valence-electron chi connectivity index (χ3n) is 2.33. The van der Waals surface area contributed by atoms with Gasteiger partial charge in [0.05, 0.1) is 17.2 Å². The van der Waals surface area contributed by atoms with Gasteiger partial charge in [0.1, 0.15) is 11.8 Å². The molecule has 1 rings (SSSR count). The van der Waals surface area contributed by atoms with E-state index in [0.717, 1.165) is 17.7 Å².